The van der Waals surface area contributed by atoms with Crippen molar-refractivity contribution in [1.29, 1.82) is 0 Å². The summed E-state index contributed by atoms with van der Waals surface area (Å²) in [5.41, 5.74) is 0.971. The molecule has 1 aromatic heterocycles. The van der Waals surface area contributed by atoms with E-state index in [-0.39, 0.29) is 56.0 Å². The molecule has 9 nitrogen and oxygen atoms in total. The standard InChI is InChI=1S/C20H26N5O4.Tb/c26-19(27)17-5-1-3-15(22-17)13-24-9-7-21-8-10-25(12-11-24)14-16-4-2-6-18(23-16)20(28)29;/h1-6,15,26-27H,7-14H2,(H,28,29);/q-3;+3. The topological polar surface area (TPSA) is 125 Å². The van der Waals surface area contributed by atoms with Gasteiger partial charge in [0.2, 0.25) is 0 Å². The Hall–Kier alpha value is -1.14. The molecule has 30 heavy (non-hydrogen) atoms. The molecule has 3 rings (SSSR count). The summed E-state index contributed by atoms with van der Waals surface area (Å²) in [6, 6.07) is 4.90. The van der Waals surface area contributed by atoms with Crippen LogP contribution in [0.25, 0.3) is 10.6 Å². The van der Waals surface area contributed by atoms with E-state index in [0.29, 0.717) is 13.1 Å². The van der Waals surface area contributed by atoms with Gasteiger partial charge in [0.1, 0.15) is 5.69 Å². The second-order valence-electron chi connectivity index (χ2n) is 7.02. The fourth-order valence-corrected chi connectivity index (χ4v) is 3.34. The molecule has 1 atom stereocenters. The van der Waals surface area contributed by atoms with Crippen molar-refractivity contribution in [2.45, 2.75) is 12.6 Å². The van der Waals surface area contributed by atoms with Crippen molar-refractivity contribution in [3.05, 3.63) is 70.4 Å². The van der Waals surface area contributed by atoms with Gasteiger partial charge >= 0.3 is 44.6 Å². The summed E-state index contributed by atoms with van der Waals surface area (Å²) in [5.74, 6) is -1.03. The molecule has 0 bridgehead atoms. The van der Waals surface area contributed by atoms with Crippen LogP contribution >= 0.6 is 0 Å². The minimum Gasteiger partial charge on any atom is -0.705 e. The van der Waals surface area contributed by atoms with E-state index in [2.05, 4.69) is 25.4 Å². The minimum absolute atomic E-state index is 0. The Morgan fingerprint density at radius 1 is 1.17 bits per heavy atom. The number of nitrogens with zero attached hydrogens (tertiary/aromatic N) is 5. The van der Waals surface area contributed by atoms with E-state index in [1.807, 2.05) is 12.1 Å². The smallest absolute Gasteiger partial charge is 0.705 e. The third-order valence-corrected chi connectivity index (χ3v) is 4.86. The van der Waals surface area contributed by atoms with Crippen LogP contribution in [0.2, 0.25) is 0 Å². The first-order valence-electron chi connectivity index (χ1n) is 9.63. The van der Waals surface area contributed by atoms with E-state index >= 15 is 0 Å². The predicted octanol–water partition coefficient (Wildman–Crippen LogP) is 1.70. The van der Waals surface area contributed by atoms with Crippen LogP contribution in [-0.2, 0) is 6.54 Å². The number of hydrogen-bond acceptors (Lipinski definition) is 6. The maximum Gasteiger partial charge on any atom is 3.00 e. The number of carboxylic acid groups (broad SMARTS) is 1. The number of aliphatic hydroxyl groups is 2. The van der Waals surface area contributed by atoms with Gasteiger partial charge in [-0.2, -0.15) is 6.08 Å². The van der Waals surface area contributed by atoms with Crippen molar-refractivity contribution in [1.82, 2.24) is 14.8 Å². The van der Waals surface area contributed by atoms with Crippen LogP contribution in [-0.4, -0.2) is 87.9 Å². The van der Waals surface area contributed by atoms with Crippen LogP contribution in [0.3, 0.4) is 0 Å². The summed E-state index contributed by atoms with van der Waals surface area (Å²) in [7, 11) is 0. The van der Waals surface area contributed by atoms with Gasteiger partial charge in [0.05, 0.1) is 5.69 Å². The third kappa shape index (κ3) is 7.84. The van der Waals surface area contributed by atoms with Crippen LogP contribution in [0.15, 0.2) is 42.1 Å². The van der Waals surface area contributed by atoms with E-state index in [1.54, 1.807) is 18.2 Å². The Balaban J connectivity index is 0.00000320. The van der Waals surface area contributed by atoms with Gasteiger partial charge < -0.3 is 30.9 Å². The number of carbonyl (C=O) groups is 1. The first-order valence-corrected chi connectivity index (χ1v) is 9.63. The molecule has 0 spiro atoms. The first kappa shape index (κ1) is 25.1. The maximum atomic E-state index is 11.1. The molecule has 2 aliphatic rings. The maximum absolute atomic E-state index is 11.1. The van der Waals surface area contributed by atoms with Gasteiger partial charge in [0, 0.05) is 25.9 Å². The molecule has 0 aromatic carbocycles. The number of carboxylic acids is 1. The zero-order valence-corrected chi connectivity index (χ0v) is 18.7. The number of aromatic carboxylic acids is 1. The Bertz CT molecular complexity index is 758. The van der Waals surface area contributed by atoms with Crippen LogP contribution in [0.4, 0.5) is 0 Å². The molecule has 1 aromatic rings. The fourth-order valence-electron chi connectivity index (χ4n) is 3.34. The van der Waals surface area contributed by atoms with Crippen molar-refractivity contribution in [2.75, 3.05) is 45.8 Å². The van der Waals surface area contributed by atoms with E-state index < -0.39 is 12.3 Å². The predicted molar refractivity (Wildman–Crippen MR) is 107 cm³/mol. The number of aromatic nitrogens is 1. The number of pyridine rings is 1. The summed E-state index contributed by atoms with van der Waals surface area (Å²) in [5, 5.41) is 36.5. The quantitative estimate of drug-likeness (QED) is 0.454. The van der Waals surface area contributed by atoms with Crippen molar-refractivity contribution < 1.29 is 58.7 Å². The third-order valence-electron chi connectivity index (χ3n) is 4.86. The normalized spacial score (nSPS) is 20.7. The SMILES string of the molecule is O=C(O)c1cccc(CN2CC[N-]CCN(CC3C=CC=C([C-](O)O)[N-]3)CC2)n1.[Tb+3]. The van der Waals surface area contributed by atoms with Gasteiger partial charge in [0.15, 0.2) is 0 Å². The van der Waals surface area contributed by atoms with Crippen LogP contribution in [0, 0.1) is 44.9 Å². The zero-order valence-electron chi connectivity index (χ0n) is 16.5. The Morgan fingerprint density at radius 2 is 1.90 bits per heavy atom. The summed E-state index contributed by atoms with van der Waals surface area (Å²) in [6.45, 7) is 5.90. The molecule has 2 aliphatic heterocycles. The van der Waals surface area contributed by atoms with Crippen LogP contribution in [0.5, 0.6) is 0 Å². The fraction of sp³-hybridized carbons (Fsp3) is 0.450. The number of aliphatic hydroxyl groups excluding tert-OH is 1. The number of allylic oxidation sites excluding steroid dienone is 2. The van der Waals surface area contributed by atoms with Gasteiger partial charge in [-0.25, -0.2) is 15.9 Å². The van der Waals surface area contributed by atoms with Crippen molar-refractivity contribution in [3.8, 4) is 0 Å². The minimum atomic E-state index is -1.03. The number of hydrogen-bond donors (Lipinski definition) is 3. The molecule has 1 fully saturated rings. The van der Waals surface area contributed by atoms with Crippen molar-refractivity contribution in [2.24, 2.45) is 0 Å². The second-order valence-corrected chi connectivity index (χ2v) is 7.02. The molecule has 0 radical (unpaired) electrons. The molecule has 0 amide bonds. The van der Waals surface area contributed by atoms with Gasteiger partial charge in [-0.15, -0.1) is 19.2 Å². The summed E-state index contributed by atoms with van der Waals surface area (Å²) >= 11 is 0. The van der Waals surface area contributed by atoms with E-state index in [0.717, 1.165) is 45.0 Å². The van der Waals surface area contributed by atoms with Crippen LogP contribution in [0.1, 0.15) is 16.2 Å². The molecular formula is C20H26N5O4Tb. The monoisotopic (exact) mass is 559 g/mol. The van der Waals surface area contributed by atoms with Gasteiger partial charge in [-0.3, -0.25) is 10.6 Å². The molecular weight excluding hydrogens is 533 g/mol. The molecule has 0 saturated carbocycles. The summed E-state index contributed by atoms with van der Waals surface area (Å²) < 4.78 is 0. The zero-order chi connectivity index (χ0) is 20.6. The van der Waals surface area contributed by atoms with Crippen molar-refractivity contribution >= 4 is 5.97 Å². The summed E-state index contributed by atoms with van der Waals surface area (Å²) in [4.78, 5) is 19.8. The number of rotatable bonds is 6. The summed E-state index contributed by atoms with van der Waals surface area (Å²) in [6.07, 6.45) is 4.53. The van der Waals surface area contributed by atoms with Crippen molar-refractivity contribution in [3.63, 3.8) is 0 Å². The molecule has 3 heterocycles. The Kier molecular flexibility index (Phi) is 10.6. The largest absolute Gasteiger partial charge is 3.00 e. The molecule has 1 saturated heterocycles. The van der Waals surface area contributed by atoms with Gasteiger partial charge in [-0.05, 0) is 31.8 Å². The van der Waals surface area contributed by atoms with Crippen LogP contribution < -0.4 is 0 Å². The molecule has 164 valence electrons. The van der Waals surface area contributed by atoms with Gasteiger partial charge in [0.25, 0.3) is 0 Å². The van der Waals surface area contributed by atoms with E-state index in [4.69, 9.17) is 5.11 Å². The molecule has 1 unspecified atom stereocenters. The van der Waals surface area contributed by atoms with E-state index in [9.17, 15) is 15.0 Å². The average Bonchev–Trinajstić information content (AvgIpc) is 2.81. The second kappa shape index (κ2) is 12.6. The molecule has 0 aliphatic carbocycles. The molecule has 3 N–H and O–H groups in total. The Labute approximate surface area is 207 Å². The Morgan fingerprint density at radius 3 is 2.63 bits per heavy atom. The van der Waals surface area contributed by atoms with E-state index in [1.165, 1.54) is 6.07 Å². The molecule has 10 heteroatoms. The first-order chi connectivity index (χ1) is 14.0. The average molecular weight is 559 g/mol. The van der Waals surface area contributed by atoms with Gasteiger partial charge in [-0.1, -0.05) is 12.1 Å².